The van der Waals surface area contributed by atoms with Crippen LogP contribution in [-0.4, -0.2) is 31.7 Å². The summed E-state index contributed by atoms with van der Waals surface area (Å²) in [5.74, 6) is 0.458. The van der Waals surface area contributed by atoms with E-state index in [0.717, 1.165) is 25.7 Å². The monoisotopic (exact) mass is 399 g/mol. The van der Waals surface area contributed by atoms with Crippen LogP contribution in [0.2, 0.25) is 0 Å². The average molecular weight is 399 g/mol. The molecule has 6 heteroatoms. The van der Waals surface area contributed by atoms with Crippen molar-refractivity contribution in [3.05, 3.63) is 54.1 Å². The maximum absolute atomic E-state index is 12.1. The van der Waals surface area contributed by atoms with Gasteiger partial charge in [0.25, 0.3) is 5.91 Å². The fourth-order valence-electron chi connectivity index (χ4n) is 2.65. The Labute approximate surface area is 172 Å². The number of nitrogens with one attached hydrogen (secondary N) is 1. The van der Waals surface area contributed by atoms with E-state index >= 15 is 0 Å². The molecule has 0 radical (unpaired) electrons. The van der Waals surface area contributed by atoms with Crippen LogP contribution < -0.4 is 14.8 Å². The molecule has 0 spiro atoms. The minimum absolute atomic E-state index is 0.147. The Morgan fingerprint density at radius 2 is 1.55 bits per heavy atom. The largest absolute Gasteiger partial charge is 0.490 e. The van der Waals surface area contributed by atoms with Crippen molar-refractivity contribution in [2.24, 2.45) is 0 Å². The summed E-state index contributed by atoms with van der Waals surface area (Å²) in [7, 11) is 0. The van der Waals surface area contributed by atoms with Gasteiger partial charge in [-0.1, -0.05) is 38.3 Å². The summed E-state index contributed by atoms with van der Waals surface area (Å²) in [6, 6.07) is 13.8. The molecule has 0 atom stereocenters. The fraction of sp³-hybridized carbons (Fsp3) is 0.391. The van der Waals surface area contributed by atoms with E-state index in [-0.39, 0.29) is 18.5 Å². The number of esters is 1. The third-order valence-corrected chi connectivity index (χ3v) is 4.14. The number of benzene rings is 2. The zero-order valence-corrected chi connectivity index (χ0v) is 17.1. The summed E-state index contributed by atoms with van der Waals surface area (Å²) < 4.78 is 16.3. The lowest BCUT2D eigenvalue weighted by atomic mass is 10.2. The SMILES string of the molecule is CCCCCCOC(=O)c1ccc(NC(=O)COc2ccccc2OCC)cc1. The zero-order valence-electron chi connectivity index (χ0n) is 17.1. The van der Waals surface area contributed by atoms with Crippen LogP contribution in [0.4, 0.5) is 5.69 Å². The molecule has 0 unspecified atom stereocenters. The Hall–Kier alpha value is -3.02. The van der Waals surface area contributed by atoms with Crippen LogP contribution in [0.25, 0.3) is 0 Å². The van der Waals surface area contributed by atoms with Crippen LogP contribution in [0, 0.1) is 0 Å². The van der Waals surface area contributed by atoms with Crippen molar-refractivity contribution < 1.29 is 23.8 Å². The number of anilines is 1. The highest BCUT2D eigenvalue weighted by atomic mass is 16.5. The number of carbonyl (C=O) groups excluding carboxylic acids is 2. The first-order valence-electron chi connectivity index (χ1n) is 10.1. The normalized spacial score (nSPS) is 10.3. The predicted molar refractivity (Wildman–Crippen MR) is 113 cm³/mol. The van der Waals surface area contributed by atoms with Crippen LogP contribution in [0.1, 0.15) is 49.9 Å². The first kappa shape index (κ1) is 22.3. The highest BCUT2D eigenvalue weighted by Crippen LogP contribution is 2.26. The van der Waals surface area contributed by atoms with E-state index in [1.54, 1.807) is 36.4 Å². The van der Waals surface area contributed by atoms with Crippen molar-refractivity contribution in [1.29, 1.82) is 0 Å². The molecule has 2 rings (SSSR count). The van der Waals surface area contributed by atoms with Crippen molar-refractivity contribution >= 4 is 17.6 Å². The average Bonchev–Trinajstić information content (AvgIpc) is 2.73. The molecule has 0 heterocycles. The summed E-state index contributed by atoms with van der Waals surface area (Å²) >= 11 is 0. The number of carbonyl (C=O) groups is 2. The maximum atomic E-state index is 12.1. The second-order valence-corrected chi connectivity index (χ2v) is 6.49. The lowest BCUT2D eigenvalue weighted by molar-refractivity contribution is -0.118. The Kier molecular flexibility index (Phi) is 9.55. The lowest BCUT2D eigenvalue weighted by Gasteiger charge is -2.11. The van der Waals surface area contributed by atoms with Crippen LogP contribution >= 0.6 is 0 Å². The molecule has 1 amide bonds. The number of para-hydroxylation sites is 2. The molecule has 29 heavy (non-hydrogen) atoms. The van der Waals surface area contributed by atoms with Gasteiger partial charge in [0, 0.05) is 5.69 Å². The molecule has 0 saturated carbocycles. The van der Waals surface area contributed by atoms with Crippen molar-refractivity contribution in [2.75, 3.05) is 25.1 Å². The fourth-order valence-corrected chi connectivity index (χ4v) is 2.65. The Morgan fingerprint density at radius 3 is 2.21 bits per heavy atom. The smallest absolute Gasteiger partial charge is 0.338 e. The summed E-state index contributed by atoms with van der Waals surface area (Å²) in [6.07, 6.45) is 4.23. The Morgan fingerprint density at radius 1 is 0.862 bits per heavy atom. The molecule has 2 aromatic carbocycles. The molecule has 2 aromatic rings. The van der Waals surface area contributed by atoms with Gasteiger partial charge in [-0.2, -0.15) is 0 Å². The van der Waals surface area contributed by atoms with Gasteiger partial charge in [0.2, 0.25) is 0 Å². The zero-order chi connectivity index (χ0) is 20.9. The van der Waals surface area contributed by atoms with E-state index in [2.05, 4.69) is 12.2 Å². The predicted octanol–water partition coefficient (Wildman–Crippen LogP) is 4.84. The van der Waals surface area contributed by atoms with E-state index in [9.17, 15) is 9.59 Å². The van der Waals surface area contributed by atoms with Crippen molar-refractivity contribution in [1.82, 2.24) is 0 Å². The van der Waals surface area contributed by atoms with Gasteiger partial charge < -0.3 is 19.5 Å². The van der Waals surface area contributed by atoms with Crippen LogP contribution in [0.15, 0.2) is 48.5 Å². The van der Waals surface area contributed by atoms with Gasteiger partial charge >= 0.3 is 5.97 Å². The molecule has 0 bridgehead atoms. The lowest BCUT2D eigenvalue weighted by Crippen LogP contribution is -2.20. The quantitative estimate of drug-likeness (QED) is 0.408. The van der Waals surface area contributed by atoms with E-state index in [1.807, 2.05) is 19.1 Å². The summed E-state index contributed by atoms with van der Waals surface area (Å²) in [4.78, 5) is 24.1. The highest BCUT2D eigenvalue weighted by Gasteiger charge is 2.10. The molecule has 156 valence electrons. The molecule has 0 aliphatic heterocycles. The van der Waals surface area contributed by atoms with Crippen LogP contribution in [0.5, 0.6) is 11.5 Å². The molecule has 0 aliphatic carbocycles. The van der Waals surface area contributed by atoms with Crippen molar-refractivity contribution in [2.45, 2.75) is 39.5 Å². The molecular formula is C23H29NO5. The third-order valence-electron chi connectivity index (χ3n) is 4.14. The van der Waals surface area contributed by atoms with Gasteiger partial charge in [0.05, 0.1) is 18.8 Å². The Balaban J connectivity index is 1.79. The second kappa shape index (κ2) is 12.4. The maximum Gasteiger partial charge on any atom is 0.338 e. The summed E-state index contributed by atoms with van der Waals surface area (Å²) in [6.45, 7) is 4.82. The molecular weight excluding hydrogens is 370 g/mol. The molecule has 0 saturated heterocycles. The molecule has 0 fully saturated rings. The minimum atomic E-state index is -0.352. The van der Waals surface area contributed by atoms with E-state index in [0.29, 0.717) is 36.0 Å². The van der Waals surface area contributed by atoms with Gasteiger partial charge in [0.1, 0.15) is 0 Å². The molecule has 6 nitrogen and oxygen atoms in total. The van der Waals surface area contributed by atoms with Gasteiger partial charge in [-0.15, -0.1) is 0 Å². The second-order valence-electron chi connectivity index (χ2n) is 6.49. The Bertz CT molecular complexity index is 773. The molecule has 0 aromatic heterocycles. The minimum Gasteiger partial charge on any atom is -0.490 e. The van der Waals surface area contributed by atoms with Gasteiger partial charge in [-0.25, -0.2) is 4.79 Å². The first-order valence-corrected chi connectivity index (χ1v) is 10.1. The van der Waals surface area contributed by atoms with Gasteiger partial charge in [-0.05, 0) is 49.7 Å². The number of hydrogen-bond acceptors (Lipinski definition) is 5. The molecule has 1 N–H and O–H groups in total. The number of amides is 1. The molecule has 0 aliphatic rings. The van der Waals surface area contributed by atoms with E-state index in [4.69, 9.17) is 14.2 Å². The van der Waals surface area contributed by atoms with Gasteiger partial charge in [0.15, 0.2) is 18.1 Å². The standard InChI is InChI=1S/C23H29NO5/c1-3-5-6-9-16-28-23(26)18-12-14-19(15-13-18)24-22(25)17-29-21-11-8-7-10-20(21)27-4-2/h7-8,10-15H,3-6,9,16-17H2,1-2H3,(H,24,25). The van der Waals surface area contributed by atoms with Crippen molar-refractivity contribution in [3.63, 3.8) is 0 Å². The van der Waals surface area contributed by atoms with Crippen LogP contribution in [-0.2, 0) is 9.53 Å². The van der Waals surface area contributed by atoms with E-state index in [1.165, 1.54) is 0 Å². The number of rotatable bonds is 12. The van der Waals surface area contributed by atoms with Crippen LogP contribution in [0.3, 0.4) is 0 Å². The number of ether oxygens (including phenoxy) is 3. The third kappa shape index (κ3) is 7.86. The van der Waals surface area contributed by atoms with Gasteiger partial charge in [-0.3, -0.25) is 4.79 Å². The van der Waals surface area contributed by atoms with Crippen molar-refractivity contribution in [3.8, 4) is 11.5 Å². The summed E-state index contributed by atoms with van der Waals surface area (Å²) in [5.41, 5.74) is 1.04. The first-order chi connectivity index (χ1) is 14.1. The topological polar surface area (TPSA) is 73.9 Å². The summed E-state index contributed by atoms with van der Waals surface area (Å²) in [5, 5.41) is 2.74. The highest BCUT2D eigenvalue weighted by molar-refractivity contribution is 5.93. The number of hydrogen-bond donors (Lipinski definition) is 1. The van der Waals surface area contributed by atoms with E-state index < -0.39 is 0 Å². The number of unbranched alkanes of at least 4 members (excludes halogenated alkanes) is 3.